The zero-order chi connectivity index (χ0) is 11.9. The van der Waals surface area contributed by atoms with Crippen molar-refractivity contribution < 1.29 is 4.74 Å². The van der Waals surface area contributed by atoms with Crippen LogP contribution < -0.4 is 10.6 Å². The normalized spacial score (nSPS) is 34.8. The molecule has 100 valence electrons. The molecule has 0 bridgehead atoms. The molecule has 3 atom stereocenters. The van der Waals surface area contributed by atoms with Gasteiger partial charge < -0.3 is 15.4 Å². The fourth-order valence-corrected chi connectivity index (χ4v) is 3.10. The van der Waals surface area contributed by atoms with Gasteiger partial charge in [0, 0.05) is 25.7 Å². The first-order valence-corrected chi connectivity index (χ1v) is 7.46. The summed E-state index contributed by atoms with van der Waals surface area (Å²) in [5, 5.41) is 7.29. The zero-order valence-corrected chi connectivity index (χ0v) is 11.2. The molecule has 0 saturated carbocycles. The van der Waals surface area contributed by atoms with Crippen LogP contribution in [0.25, 0.3) is 0 Å². The van der Waals surface area contributed by atoms with Gasteiger partial charge in [-0.2, -0.15) is 0 Å². The number of rotatable bonds is 5. The lowest BCUT2D eigenvalue weighted by molar-refractivity contribution is 0.0871. The van der Waals surface area contributed by atoms with Gasteiger partial charge in [0.05, 0.1) is 6.10 Å². The minimum absolute atomic E-state index is 0.504. The largest absolute Gasteiger partial charge is 0.378 e. The Kier molecular flexibility index (Phi) is 5.75. The summed E-state index contributed by atoms with van der Waals surface area (Å²) in [5.74, 6) is 0.741. The van der Waals surface area contributed by atoms with E-state index in [1.165, 1.54) is 38.6 Å². The molecule has 0 aromatic heterocycles. The number of hydrogen-bond donors (Lipinski definition) is 2. The Morgan fingerprint density at radius 2 is 2.12 bits per heavy atom. The lowest BCUT2D eigenvalue weighted by Crippen LogP contribution is -2.40. The third-order valence-electron chi connectivity index (χ3n) is 4.21. The summed E-state index contributed by atoms with van der Waals surface area (Å²) in [6.45, 7) is 6.67. The van der Waals surface area contributed by atoms with Crippen LogP contribution in [0.1, 0.15) is 45.4 Å². The van der Waals surface area contributed by atoms with Gasteiger partial charge in [-0.3, -0.25) is 0 Å². The lowest BCUT2D eigenvalue weighted by atomic mass is 9.99. The Hall–Kier alpha value is -0.120. The first-order valence-electron chi connectivity index (χ1n) is 7.46. The molecule has 0 amide bonds. The van der Waals surface area contributed by atoms with E-state index in [0.29, 0.717) is 12.1 Å². The van der Waals surface area contributed by atoms with Crippen molar-refractivity contribution in [3.8, 4) is 0 Å². The van der Waals surface area contributed by atoms with Crippen LogP contribution in [0.4, 0.5) is 0 Å². The van der Waals surface area contributed by atoms with Crippen molar-refractivity contribution in [2.45, 2.75) is 57.6 Å². The van der Waals surface area contributed by atoms with Crippen LogP contribution >= 0.6 is 0 Å². The third-order valence-corrected chi connectivity index (χ3v) is 4.21. The van der Waals surface area contributed by atoms with E-state index in [9.17, 15) is 0 Å². The average molecular weight is 240 g/mol. The minimum atomic E-state index is 0.504. The summed E-state index contributed by atoms with van der Waals surface area (Å²) < 4.78 is 5.72. The molecule has 2 saturated heterocycles. The van der Waals surface area contributed by atoms with Crippen molar-refractivity contribution >= 4 is 0 Å². The van der Waals surface area contributed by atoms with Crippen LogP contribution in [-0.2, 0) is 4.74 Å². The first kappa shape index (κ1) is 13.3. The summed E-state index contributed by atoms with van der Waals surface area (Å²) in [6.07, 6.45) is 8.39. The van der Waals surface area contributed by atoms with Crippen molar-refractivity contribution in [1.29, 1.82) is 0 Å². The molecule has 0 radical (unpaired) electrons. The summed E-state index contributed by atoms with van der Waals surface area (Å²) >= 11 is 0. The third kappa shape index (κ3) is 4.23. The molecular weight excluding hydrogens is 212 g/mol. The number of nitrogens with one attached hydrogen (secondary N) is 2. The lowest BCUT2D eigenvalue weighted by Gasteiger charge is -2.20. The van der Waals surface area contributed by atoms with Crippen molar-refractivity contribution in [2.75, 3.05) is 26.2 Å². The molecule has 3 unspecified atom stereocenters. The number of ether oxygens (including phenoxy) is 1. The highest BCUT2D eigenvalue weighted by Crippen LogP contribution is 2.22. The summed E-state index contributed by atoms with van der Waals surface area (Å²) in [7, 11) is 0. The smallest absolute Gasteiger partial charge is 0.0613 e. The van der Waals surface area contributed by atoms with Gasteiger partial charge in [0.1, 0.15) is 0 Å². The topological polar surface area (TPSA) is 33.3 Å². The van der Waals surface area contributed by atoms with Gasteiger partial charge in [-0.25, -0.2) is 0 Å². The van der Waals surface area contributed by atoms with Crippen LogP contribution in [0, 0.1) is 5.92 Å². The fourth-order valence-electron chi connectivity index (χ4n) is 3.10. The summed E-state index contributed by atoms with van der Waals surface area (Å²) in [4.78, 5) is 0. The maximum Gasteiger partial charge on any atom is 0.0613 e. The van der Waals surface area contributed by atoms with Gasteiger partial charge in [-0.05, 0) is 38.1 Å². The molecule has 0 spiro atoms. The SMILES string of the molecule is CCC1OCCC1CNCC1CCCCCN1. The van der Waals surface area contributed by atoms with Crippen molar-refractivity contribution in [3.05, 3.63) is 0 Å². The molecular formula is C14H28N2O. The second kappa shape index (κ2) is 7.34. The highest BCUT2D eigenvalue weighted by Gasteiger charge is 2.26. The van der Waals surface area contributed by atoms with Crippen molar-refractivity contribution in [1.82, 2.24) is 10.6 Å². The Bertz CT molecular complexity index is 202. The molecule has 2 N–H and O–H groups in total. The Morgan fingerprint density at radius 1 is 1.18 bits per heavy atom. The minimum Gasteiger partial charge on any atom is -0.378 e. The van der Waals surface area contributed by atoms with E-state index in [1.54, 1.807) is 0 Å². The van der Waals surface area contributed by atoms with Crippen LogP contribution in [0.5, 0.6) is 0 Å². The van der Waals surface area contributed by atoms with E-state index in [4.69, 9.17) is 4.74 Å². The van der Waals surface area contributed by atoms with Gasteiger partial charge in [0.2, 0.25) is 0 Å². The Balaban J connectivity index is 1.61. The predicted octanol–water partition coefficient (Wildman–Crippen LogP) is 1.92. The second-order valence-electron chi connectivity index (χ2n) is 5.52. The van der Waals surface area contributed by atoms with Gasteiger partial charge >= 0.3 is 0 Å². The maximum absolute atomic E-state index is 5.72. The molecule has 2 fully saturated rings. The first-order chi connectivity index (χ1) is 8.40. The van der Waals surface area contributed by atoms with Gasteiger partial charge in [-0.15, -0.1) is 0 Å². The van der Waals surface area contributed by atoms with E-state index in [2.05, 4.69) is 17.6 Å². The van der Waals surface area contributed by atoms with E-state index in [0.717, 1.165) is 32.0 Å². The van der Waals surface area contributed by atoms with Crippen LogP contribution in [0.3, 0.4) is 0 Å². The van der Waals surface area contributed by atoms with Crippen molar-refractivity contribution in [2.24, 2.45) is 5.92 Å². The second-order valence-corrected chi connectivity index (χ2v) is 5.52. The molecule has 17 heavy (non-hydrogen) atoms. The predicted molar refractivity (Wildman–Crippen MR) is 71.3 cm³/mol. The molecule has 2 aliphatic rings. The van der Waals surface area contributed by atoms with Crippen molar-refractivity contribution in [3.63, 3.8) is 0 Å². The standard InChI is InChI=1S/C14H28N2O/c1-2-14-12(7-9-17-14)10-15-11-13-6-4-3-5-8-16-13/h12-16H,2-11H2,1H3. The summed E-state index contributed by atoms with van der Waals surface area (Å²) in [6, 6.07) is 0.694. The molecule has 0 aliphatic carbocycles. The van der Waals surface area contributed by atoms with Gasteiger partial charge in [-0.1, -0.05) is 19.8 Å². The monoisotopic (exact) mass is 240 g/mol. The van der Waals surface area contributed by atoms with Gasteiger partial charge in [0.15, 0.2) is 0 Å². The molecule has 2 heterocycles. The zero-order valence-electron chi connectivity index (χ0n) is 11.2. The molecule has 3 heteroatoms. The van der Waals surface area contributed by atoms with Gasteiger partial charge in [0.25, 0.3) is 0 Å². The average Bonchev–Trinajstić information content (AvgIpc) is 2.64. The maximum atomic E-state index is 5.72. The van der Waals surface area contributed by atoms with E-state index >= 15 is 0 Å². The molecule has 0 aromatic carbocycles. The molecule has 2 rings (SSSR count). The summed E-state index contributed by atoms with van der Waals surface area (Å²) in [5.41, 5.74) is 0. The Morgan fingerprint density at radius 3 is 3.00 bits per heavy atom. The molecule has 0 aromatic rings. The highest BCUT2D eigenvalue weighted by atomic mass is 16.5. The number of hydrogen-bond acceptors (Lipinski definition) is 3. The molecule has 2 aliphatic heterocycles. The highest BCUT2D eigenvalue weighted by molar-refractivity contribution is 4.79. The van der Waals surface area contributed by atoms with Crippen LogP contribution in [-0.4, -0.2) is 38.4 Å². The fraction of sp³-hybridized carbons (Fsp3) is 1.00. The Labute approximate surface area is 106 Å². The quantitative estimate of drug-likeness (QED) is 0.770. The van der Waals surface area contributed by atoms with Crippen LogP contribution in [0.15, 0.2) is 0 Å². The van der Waals surface area contributed by atoms with E-state index in [-0.39, 0.29) is 0 Å². The van der Waals surface area contributed by atoms with E-state index in [1.807, 2.05) is 0 Å². The van der Waals surface area contributed by atoms with Crippen LogP contribution in [0.2, 0.25) is 0 Å². The van der Waals surface area contributed by atoms with E-state index < -0.39 is 0 Å². The molecule has 3 nitrogen and oxygen atoms in total.